The Kier molecular flexibility index (Phi) is 12.7. The monoisotopic (exact) mass is 756 g/mol. The molecule has 11 heteroatoms. The minimum atomic E-state index is -0.246. The molecule has 2 fully saturated rings. The summed E-state index contributed by atoms with van der Waals surface area (Å²) in [5.41, 5.74) is 11.3. The SMILES string of the molecule is CCc1nc2c(cnn2CC)c(NC2CCOCC2)c1CNC(=O)c1cc(C)cc(C(=O)NCc2ccc(C)c(-c3cccc(CN4CCCNCC4)c3)c2)c1. The molecular formula is C45H56N8O3. The molecule has 3 aromatic carbocycles. The lowest BCUT2D eigenvalue weighted by Gasteiger charge is -2.26. The highest BCUT2D eigenvalue weighted by Crippen LogP contribution is 2.32. The number of rotatable bonds is 13. The number of anilines is 1. The van der Waals surface area contributed by atoms with E-state index in [2.05, 4.69) is 94.5 Å². The number of aryl methyl sites for hydroxylation is 4. The van der Waals surface area contributed by atoms with E-state index >= 15 is 0 Å². The standard InChI is InChI=1S/C45H56N8O3/c1-5-41-39(42(50-37-13-19-56-20-14-37)40-28-49-53(6-2)43(40)51-41)27-48-45(55)36-22-30(3)21-35(25-36)44(54)47-26-32-12-11-31(4)38(24-32)34-10-7-9-33(23-34)29-52-17-8-15-46-16-18-52/h7,9-12,21-25,28,37,46H,5-6,8,13-20,26-27,29H2,1-4H3,(H,47,54)(H,48,55)(H,50,51). The van der Waals surface area contributed by atoms with Gasteiger partial charge in [0.1, 0.15) is 0 Å². The Morgan fingerprint density at radius 1 is 0.893 bits per heavy atom. The lowest BCUT2D eigenvalue weighted by atomic mass is 9.96. The van der Waals surface area contributed by atoms with Gasteiger partial charge in [0, 0.05) is 80.9 Å². The summed E-state index contributed by atoms with van der Waals surface area (Å²) in [7, 11) is 0. The lowest BCUT2D eigenvalue weighted by Crippen LogP contribution is -2.30. The van der Waals surface area contributed by atoms with Crippen molar-refractivity contribution in [1.29, 1.82) is 0 Å². The van der Waals surface area contributed by atoms with Gasteiger partial charge in [0.2, 0.25) is 0 Å². The molecular weight excluding hydrogens is 701 g/mol. The van der Waals surface area contributed by atoms with Crippen LogP contribution in [0.15, 0.2) is 66.9 Å². The first-order valence-electron chi connectivity index (χ1n) is 20.3. The maximum Gasteiger partial charge on any atom is 0.251 e. The van der Waals surface area contributed by atoms with E-state index in [1.165, 1.54) is 23.1 Å². The van der Waals surface area contributed by atoms with Gasteiger partial charge in [0.25, 0.3) is 11.8 Å². The fourth-order valence-electron chi connectivity index (χ4n) is 7.95. The number of nitrogens with zero attached hydrogens (tertiary/aromatic N) is 4. The van der Waals surface area contributed by atoms with Crippen LogP contribution in [-0.2, 0) is 37.3 Å². The molecule has 2 aliphatic rings. The van der Waals surface area contributed by atoms with Crippen LogP contribution in [-0.4, -0.2) is 76.9 Å². The molecule has 0 radical (unpaired) electrons. The van der Waals surface area contributed by atoms with Crippen molar-refractivity contribution in [2.45, 2.75) is 85.6 Å². The molecule has 2 aliphatic heterocycles. The fourth-order valence-corrected chi connectivity index (χ4v) is 7.95. The van der Waals surface area contributed by atoms with Crippen LogP contribution >= 0.6 is 0 Å². The zero-order chi connectivity index (χ0) is 39.0. The maximum atomic E-state index is 13.8. The molecule has 56 heavy (non-hydrogen) atoms. The lowest BCUT2D eigenvalue weighted by molar-refractivity contribution is 0.0904. The maximum absolute atomic E-state index is 13.8. The summed E-state index contributed by atoms with van der Waals surface area (Å²) in [6.45, 7) is 16.2. The summed E-state index contributed by atoms with van der Waals surface area (Å²) in [5.74, 6) is -0.471. The number of hydrogen-bond acceptors (Lipinski definition) is 8. The van der Waals surface area contributed by atoms with E-state index in [0.29, 0.717) is 43.9 Å². The first-order valence-corrected chi connectivity index (χ1v) is 20.3. The van der Waals surface area contributed by atoms with E-state index in [1.807, 2.05) is 29.9 Å². The molecule has 2 aromatic heterocycles. The average Bonchev–Trinajstić information content (AvgIpc) is 3.46. The molecule has 0 bridgehead atoms. The van der Waals surface area contributed by atoms with Crippen molar-refractivity contribution in [1.82, 2.24) is 35.6 Å². The Balaban J connectivity index is 1.04. The largest absolute Gasteiger partial charge is 0.381 e. The number of amides is 2. The van der Waals surface area contributed by atoms with Crippen molar-refractivity contribution >= 4 is 28.5 Å². The van der Waals surface area contributed by atoms with Gasteiger partial charge in [0.05, 0.1) is 17.3 Å². The molecule has 0 unspecified atom stereocenters. The van der Waals surface area contributed by atoms with Crippen molar-refractivity contribution in [3.05, 3.63) is 111 Å². The van der Waals surface area contributed by atoms with Gasteiger partial charge in [0.15, 0.2) is 5.65 Å². The van der Waals surface area contributed by atoms with E-state index in [4.69, 9.17) is 9.72 Å². The Labute approximate surface area is 330 Å². The van der Waals surface area contributed by atoms with Crippen LogP contribution in [0, 0.1) is 13.8 Å². The zero-order valence-corrected chi connectivity index (χ0v) is 33.3. The predicted molar refractivity (Wildman–Crippen MR) is 223 cm³/mol. The average molecular weight is 757 g/mol. The second kappa shape index (κ2) is 18.2. The number of ether oxygens (including phenoxy) is 1. The second-order valence-electron chi connectivity index (χ2n) is 15.2. The van der Waals surface area contributed by atoms with E-state index in [1.54, 1.807) is 6.07 Å². The predicted octanol–water partition coefficient (Wildman–Crippen LogP) is 6.54. The van der Waals surface area contributed by atoms with Gasteiger partial charge in [-0.3, -0.25) is 14.5 Å². The molecule has 2 saturated heterocycles. The molecule has 4 N–H and O–H groups in total. The quantitative estimate of drug-likeness (QED) is 0.107. The van der Waals surface area contributed by atoms with Crippen molar-refractivity contribution < 1.29 is 14.3 Å². The molecule has 0 saturated carbocycles. The van der Waals surface area contributed by atoms with Crippen molar-refractivity contribution in [3.63, 3.8) is 0 Å². The van der Waals surface area contributed by atoms with Gasteiger partial charge in [-0.1, -0.05) is 37.3 Å². The summed E-state index contributed by atoms with van der Waals surface area (Å²) in [4.78, 5) is 34.9. The van der Waals surface area contributed by atoms with Crippen molar-refractivity contribution in [2.24, 2.45) is 0 Å². The number of nitrogens with one attached hydrogen (secondary N) is 4. The topological polar surface area (TPSA) is 125 Å². The number of carbonyl (C=O) groups is 2. The van der Waals surface area contributed by atoms with Crippen molar-refractivity contribution in [2.75, 3.05) is 44.7 Å². The summed E-state index contributed by atoms with van der Waals surface area (Å²) < 4.78 is 7.53. The minimum absolute atomic E-state index is 0.224. The van der Waals surface area contributed by atoms with Gasteiger partial charge >= 0.3 is 0 Å². The van der Waals surface area contributed by atoms with Gasteiger partial charge < -0.3 is 26.0 Å². The van der Waals surface area contributed by atoms with Crippen LogP contribution in [0.1, 0.15) is 87.3 Å². The number of aromatic nitrogens is 3. The molecule has 0 spiro atoms. The highest BCUT2D eigenvalue weighted by atomic mass is 16.5. The number of fused-ring (bicyclic) bond motifs is 1. The Bertz CT molecular complexity index is 2160. The smallest absolute Gasteiger partial charge is 0.251 e. The Morgan fingerprint density at radius 3 is 2.45 bits per heavy atom. The summed E-state index contributed by atoms with van der Waals surface area (Å²) in [5, 5.41) is 19.1. The third kappa shape index (κ3) is 9.29. The van der Waals surface area contributed by atoms with Crippen LogP contribution in [0.2, 0.25) is 0 Å². The van der Waals surface area contributed by atoms with Crippen LogP contribution in [0.5, 0.6) is 0 Å². The minimum Gasteiger partial charge on any atom is -0.381 e. The third-order valence-electron chi connectivity index (χ3n) is 11.0. The van der Waals surface area contributed by atoms with Crippen molar-refractivity contribution in [3.8, 4) is 11.1 Å². The molecule has 7 rings (SSSR count). The van der Waals surface area contributed by atoms with Crippen LogP contribution in [0.3, 0.4) is 0 Å². The normalized spacial score (nSPS) is 15.4. The van der Waals surface area contributed by atoms with E-state index in [9.17, 15) is 9.59 Å². The van der Waals surface area contributed by atoms with Crippen LogP contribution < -0.4 is 21.3 Å². The first kappa shape index (κ1) is 39.1. The highest BCUT2D eigenvalue weighted by Gasteiger charge is 2.23. The van der Waals surface area contributed by atoms with E-state index in [0.717, 1.165) is 90.2 Å². The van der Waals surface area contributed by atoms with Gasteiger partial charge in [-0.2, -0.15) is 5.10 Å². The molecule has 5 aromatic rings. The number of benzene rings is 3. The summed E-state index contributed by atoms with van der Waals surface area (Å²) in [6.07, 6.45) is 5.56. The van der Waals surface area contributed by atoms with E-state index < -0.39 is 0 Å². The third-order valence-corrected chi connectivity index (χ3v) is 11.0. The zero-order valence-electron chi connectivity index (χ0n) is 33.3. The van der Waals surface area contributed by atoms with Gasteiger partial charge in [-0.05, 0) is 123 Å². The first-order chi connectivity index (χ1) is 27.3. The number of hydrogen-bond donors (Lipinski definition) is 4. The Hall–Kier alpha value is -5.10. The molecule has 0 atom stereocenters. The second-order valence-corrected chi connectivity index (χ2v) is 15.2. The van der Waals surface area contributed by atoms with Gasteiger partial charge in [-0.25, -0.2) is 9.67 Å². The number of carbonyl (C=O) groups excluding carboxylic acids is 2. The molecule has 2 amide bonds. The molecule has 11 nitrogen and oxygen atoms in total. The summed E-state index contributed by atoms with van der Waals surface area (Å²) in [6, 6.07) is 20.8. The summed E-state index contributed by atoms with van der Waals surface area (Å²) >= 11 is 0. The van der Waals surface area contributed by atoms with Crippen LogP contribution in [0.4, 0.5) is 5.69 Å². The molecule has 4 heterocycles. The van der Waals surface area contributed by atoms with Gasteiger partial charge in [-0.15, -0.1) is 0 Å². The fraction of sp³-hybridized carbons (Fsp3) is 0.422. The van der Waals surface area contributed by atoms with Crippen LogP contribution in [0.25, 0.3) is 22.2 Å². The molecule has 0 aliphatic carbocycles. The Morgan fingerprint density at radius 2 is 1.68 bits per heavy atom. The highest BCUT2D eigenvalue weighted by molar-refractivity contribution is 6.00. The number of pyridine rings is 1. The van der Waals surface area contributed by atoms with E-state index in [-0.39, 0.29) is 24.4 Å². The molecule has 294 valence electrons.